The van der Waals surface area contributed by atoms with E-state index in [9.17, 15) is 9.59 Å². The van der Waals surface area contributed by atoms with Gasteiger partial charge in [-0.3, -0.25) is 24.7 Å². The Morgan fingerprint density at radius 3 is 2.62 bits per heavy atom. The van der Waals surface area contributed by atoms with Gasteiger partial charge in [0.05, 0.1) is 23.0 Å². The van der Waals surface area contributed by atoms with Crippen LogP contribution in [0.5, 0.6) is 11.5 Å². The van der Waals surface area contributed by atoms with E-state index in [1.807, 2.05) is 26.2 Å². The molecule has 1 saturated heterocycles. The molecule has 39 heavy (non-hydrogen) atoms. The van der Waals surface area contributed by atoms with Gasteiger partial charge in [-0.25, -0.2) is 9.78 Å². The first-order chi connectivity index (χ1) is 18.2. The highest BCUT2D eigenvalue weighted by Gasteiger charge is 2.48. The average Bonchev–Trinajstić information content (AvgIpc) is 3.42. The average molecular weight is 551 g/mol. The molecule has 4 heterocycles. The zero-order chi connectivity index (χ0) is 28.6. The monoisotopic (exact) mass is 550 g/mol. The van der Waals surface area contributed by atoms with E-state index in [2.05, 4.69) is 54.2 Å². The summed E-state index contributed by atoms with van der Waals surface area (Å²) in [6, 6.07) is 6.50. The quantitative estimate of drug-likeness (QED) is 0.372. The second-order valence-electron chi connectivity index (χ2n) is 11.9. The van der Waals surface area contributed by atoms with Crippen molar-refractivity contribution in [2.24, 2.45) is 12.5 Å². The predicted octanol–water partition coefficient (Wildman–Crippen LogP) is 5.77. The number of amides is 3. The Balaban J connectivity index is 1.39. The molecule has 10 nitrogen and oxygen atoms in total. The number of likely N-dealkylation sites (tertiary alicyclic amines) is 1. The molecule has 208 valence electrons. The van der Waals surface area contributed by atoms with Crippen LogP contribution in [0.1, 0.15) is 39.8 Å². The fraction of sp³-hybridized carbons (Fsp3) is 0.464. The van der Waals surface area contributed by atoms with E-state index in [1.165, 1.54) is 4.90 Å². The smallest absolute Gasteiger partial charge is 0.329 e. The first-order valence-electron chi connectivity index (χ1n) is 13.1. The molecule has 0 saturated carbocycles. The summed E-state index contributed by atoms with van der Waals surface area (Å²) in [6.45, 7) is 15.1. The Hall–Kier alpha value is -3.57. The summed E-state index contributed by atoms with van der Waals surface area (Å²) in [6.07, 6.45) is 5.85. The third-order valence-corrected chi connectivity index (χ3v) is 12.2. The lowest BCUT2D eigenvalue weighted by atomic mass is 9.90. The number of carbonyl (C=O) groups is 2. The standard InChI is InChI=1S/C28H38N6O4Si/c1-19-23(38-21-11-13-29-22(15-21)20-16-30-33(6)17-20)9-10-24(31-19)32-26(36)34-14-12-28(5,25(34)35)18-37-39(7,8)27(2,3)4/h9-11,13,15-17H,12,14,18H2,1-8H3,(H,31,32,36). The van der Waals surface area contributed by atoms with Gasteiger partial charge in [-0.15, -0.1) is 0 Å². The van der Waals surface area contributed by atoms with Crippen molar-refractivity contribution in [1.29, 1.82) is 0 Å². The van der Waals surface area contributed by atoms with E-state index in [1.54, 1.807) is 42.2 Å². The van der Waals surface area contributed by atoms with Gasteiger partial charge in [0.1, 0.15) is 17.3 Å². The van der Waals surface area contributed by atoms with E-state index >= 15 is 0 Å². The lowest BCUT2D eigenvalue weighted by Crippen LogP contribution is -2.46. The Bertz CT molecular complexity index is 1380. The van der Waals surface area contributed by atoms with Crippen molar-refractivity contribution in [2.75, 3.05) is 18.5 Å². The van der Waals surface area contributed by atoms with E-state index in [0.29, 0.717) is 42.6 Å². The van der Waals surface area contributed by atoms with E-state index in [-0.39, 0.29) is 10.9 Å². The van der Waals surface area contributed by atoms with Gasteiger partial charge in [-0.2, -0.15) is 5.10 Å². The second kappa shape index (κ2) is 10.5. The summed E-state index contributed by atoms with van der Waals surface area (Å²) < 4.78 is 14.1. The normalized spacial score (nSPS) is 17.9. The maximum absolute atomic E-state index is 13.2. The van der Waals surface area contributed by atoms with Crippen molar-refractivity contribution in [3.8, 4) is 22.8 Å². The zero-order valence-corrected chi connectivity index (χ0v) is 25.0. The van der Waals surface area contributed by atoms with Crippen molar-refractivity contribution >= 4 is 26.1 Å². The number of ether oxygens (including phenoxy) is 1. The highest BCUT2D eigenvalue weighted by atomic mass is 28.4. The molecule has 1 aliphatic rings. The van der Waals surface area contributed by atoms with E-state index in [0.717, 1.165) is 11.3 Å². The summed E-state index contributed by atoms with van der Waals surface area (Å²) in [4.78, 5) is 36.4. The van der Waals surface area contributed by atoms with Gasteiger partial charge in [0, 0.05) is 44.2 Å². The van der Waals surface area contributed by atoms with Gasteiger partial charge in [0.25, 0.3) is 0 Å². The molecular formula is C28H38N6O4Si. The number of pyridine rings is 2. The fourth-order valence-corrected chi connectivity index (χ4v) is 5.10. The topological polar surface area (TPSA) is 111 Å². The van der Waals surface area contributed by atoms with E-state index < -0.39 is 19.8 Å². The van der Waals surface area contributed by atoms with Crippen LogP contribution in [0.15, 0.2) is 42.9 Å². The molecule has 4 rings (SSSR count). The number of aromatic nitrogens is 4. The van der Waals surface area contributed by atoms with Crippen molar-refractivity contribution in [1.82, 2.24) is 24.6 Å². The van der Waals surface area contributed by atoms with Gasteiger partial charge in [0.2, 0.25) is 5.91 Å². The first-order valence-corrected chi connectivity index (χ1v) is 16.0. The highest BCUT2D eigenvalue weighted by Crippen LogP contribution is 2.40. The van der Waals surface area contributed by atoms with Crippen LogP contribution in [-0.4, -0.2) is 58.1 Å². The Labute approximate surface area is 230 Å². The second-order valence-corrected chi connectivity index (χ2v) is 16.7. The summed E-state index contributed by atoms with van der Waals surface area (Å²) in [7, 11) is -0.170. The molecule has 1 atom stereocenters. The third kappa shape index (κ3) is 6.20. The number of nitrogens with zero attached hydrogens (tertiary/aromatic N) is 5. The highest BCUT2D eigenvalue weighted by molar-refractivity contribution is 6.74. The third-order valence-electron chi connectivity index (χ3n) is 7.68. The van der Waals surface area contributed by atoms with Crippen LogP contribution in [0.4, 0.5) is 10.6 Å². The Kier molecular flexibility index (Phi) is 7.68. The van der Waals surface area contributed by atoms with E-state index in [4.69, 9.17) is 9.16 Å². The number of hydrogen-bond acceptors (Lipinski definition) is 7. The molecule has 0 spiro atoms. The number of imide groups is 1. The number of urea groups is 1. The van der Waals surface area contributed by atoms with Crippen LogP contribution in [0.3, 0.4) is 0 Å². The largest absolute Gasteiger partial charge is 0.455 e. The number of carbonyl (C=O) groups excluding carboxylic acids is 2. The number of nitrogens with one attached hydrogen (secondary N) is 1. The van der Waals surface area contributed by atoms with Crippen LogP contribution in [0.25, 0.3) is 11.3 Å². The summed E-state index contributed by atoms with van der Waals surface area (Å²) in [5.41, 5.74) is 1.49. The summed E-state index contributed by atoms with van der Waals surface area (Å²) in [5, 5.41) is 6.99. The summed E-state index contributed by atoms with van der Waals surface area (Å²) in [5.74, 6) is 1.27. The molecule has 1 aliphatic heterocycles. The maximum atomic E-state index is 13.2. The van der Waals surface area contributed by atoms with Gasteiger partial charge in [-0.05, 0) is 56.6 Å². The van der Waals surface area contributed by atoms with Gasteiger partial charge < -0.3 is 9.16 Å². The minimum absolute atomic E-state index is 0.0422. The van der Waals surface area contributed by atoms with Gasteiger partial charge >= 0.3 is 6.03 Å². The number of hydrogen-bond donors (Lipinski definition) is 1. The minimum Gasteiger partial charge on any atom is -0.455 e. The molecule has 11 heteroatoms. The van der Waals surface area contributed by atoms with Crippen LogP contribution < -0.4 is 10.1 Å². The first kappa shape index (κ1) is 28.4. The molecule has 1 unspecified atom stereocenters. The molecule has 3 aromatic rings. The number of aryl methyl sites for hydroxylation is 2. The lowest BCUT2D eigenvalue weighted by Gasteiger charge is -2.38. The number of anilines is 1. The minimum atomic E-state index is -2.02. The molecule has 0 aromatic carbocycles. The molecule has 1 N–H and O–H groups in total. The molecule has 3 amide bonds. The summed E-state index contributed by atoms with van der Waals surface area (Å²) >= 11 is 0. The van der Waals surface area contributed by atoms with Crippen molar-refractivity contribution in [3.63, 3.8) is 0 Å². The van der Waals surface area contributed by atoms with Crippen molar-refractivity contribution < 1.29 is 18.8 Å². The predicted molar refractivity (Wildman–Crippen MR) is 152 cm³/mol. The molecular weight excluding hydrogens is 512 g/mol. The van der Waals surface area contributed by atoms with Gasteiger partial charge in [-0.1, -0.05) is 20.8 Å². The van der Waals surface area contributed by atoms with Crippen LogP contribution in [0, 0.1) is 12.3 Å². The Morgan fingerprint density at radius 1 is 1.23 bits per heavy atom. The molecule has 0 bridgehead atoms. The van der Waals surface area contributed by atoms with Crippen molar-refractivity contribution in [3.05, 3.63) is 48.5 Å². The van der Waals surface area contributed by atoms with Crippen molar-refractivity contribution in [2.45, 2.75) is 59.2 Å². The lowest BCUT2D eigenvalue weighted by molar-refractivity contribution is -0.134. The van der Waals surface area contributed by atoms with Crippen LogP contribution in [-0.2, 0) is 16.3 Å². The maximum Gasteiger partial charge on any atom is 0.329 e. The Morgan fingerprint density at radius 2 is 1.97 bits per heavy atom. The molecule has 3 aromatic heterocycles. The SMILES string of the molecule is Cc1nc(NC(=O)N2CCC(C)(CO[Si](C)(C)C(C)(C)C)C2=O)ccc1Oc1ccnc(-c2cnn(C)c2)c1. The zero-order valence-electron chi connectivity index (χ0n) is 24.0. The molecule has 0 aliphatic carbocycles. The molecule has 1 fully saturated rings. The molecule has 0 radical (unpaired) electrons. The van der Waals surface area contributed by atoms with Crippen LogP contribution in [0.2, 0.25) is 18.1 Å². The number of rotatable bonds is 7. The van der Waals surface area contributed by atoms with Crippen LogP contribution >= 0.6 is 0 Å². The fourth-order valence-electron chi connectivity index (χ4n) is 3.99. The van der Waals surface area contributed by atoms with Gasteiger partial charge in [0.15, 0.2) is 8.32 Å².